The Balaban J connectivity index is 1.63. The molecule has 4 nitrogen and oxygen atoms in total. The molecule has 3 N–H and O–H groups in total. The van der Waals surface area contributed by atoms with Crippen molar-refractivity contribution in [2.45, 2.75) is 18.8 Å². The summed E-state index contributed by atoms with van der Waals surface area (Å²) in [6.07, 6.45) is 3.56. The van der Waals surface area contributed by atoms with Crippen LogP contribution in [0.2, 0.25) is 0 Å². The highest BCUT2D eigenvalue weighted by molar-refractivity contribution is 7.80. The Kier molecular flexibility index (Phi) is 5.60. The summed E-state index contributed by atoms with van der Waals surface area (Å²) in [5, 5.41) is 3.92. The number of nitrogens with two attached hydrogens (primary N) is 1. The standard InChI is InChI=1S/C19H21FN4S/c20-17-12-14(13-22-23-19(21)25)6-7-18(17)24-10-8-16(9-11-24)15-4-2-1-3-5-15/h1-7,12-13,16H,8-11H2,(H3,21,23,25). The lowest BCUT2D eigenvalue weighted by atomic mass is 9.89. The number of hydrazone groups is 1. The molecule has 3 rings (SSSR count). The summed E-state index contributed by atoms with van der Waals surface area (Å²) in [6.45, 7) is 1.71. The third-order valence-electron chi connectivity index (χ3n) is 4.47. The molecule has 0 bridgehead atoms. The molecule has 0 atom stereocenters. The second-order valence-corrected chi connectivity index (χ2v) is 6.56. The number of piperidine rings is 1. The van der Waals surface area contributed by atoms with E-state index in [9.17, 15) is 4.39 Å². The quantitative estimate of drug-likeness (QED) is 0.501. The van der Waals surface area contributed by atoms with E-state index in [-0.39, 0.29) is 10.9 Å². The Hall–Kier alpha value is -2.47. The minimum absolute atomic E-state index is 0.0784. The SMILES string of the molecule is NC(=S)NN=Cc1ccc(N2CCC(c3ccccc3)CC2)c(F)c1. The van der Waals surface area contributed by atoms with E-state index in [1.807, 2.05) is 12.1 Å². The topological polar surface area (TPSA) is 53.6 Å². The van der Waals surface area contributed by atoms with Crippen molar-refractivity contribution in [1.29, 1.82) is 0 Å². The maximum Gasteiger partial charge on any atom is 0.184 e. The second-order valence-electron chi connectivity index (χ2n) is 6.12. The normalized spacial score (nSPS) is 15.5. The van der Waals surface area contributed by atoms with Gasteiger partial charge < -0.3 is 10.6 Å². The lowest BCUT2D eigenvalue weighted by molar-refractivity contribution is 0.497. The number of anilines is 1. The molecule has 25 heavy (non-hydrogen) atoms. The van der Waals surface area contributed by atoms with Crippen LogP contribution in [0.3, 0.4) is 0 Å². The highest BCUT2D eigenvalue weighted by Gasteiger charge is 2.22. The van der Waals surface area contributed by atoms with Crippen molar-refractivity contribution in [3.63, 3.8) is 0 Å². The van der Waals surface area contributed by atoms with Crippen LogP contribution in [-0.2, 0) is 0 Å². The number of rotatable bonds is 4. The minimum atomic E-state index is -0.238. The molecule has 1 fully saturated rings. The Morgan fingerprint density at radius 2 is 1.92 bits per heavy atom. The Bertz CT molecular complexity index is 755. The van der Waals surface area contributed by atoms with Crippen LogP contribution >= 0.6 is 12.2 Å². The molecular formula is C19H21FN4S. The smallest absolute Gasteiger partial charge is 0.184 e. The zero-order valence-electron chi connectivity index (χ0n) is 13.9. The van der Waals surface area contributed by atoms with E-state index >= 15 is 0 Å². The highest BCUT2D eigenvalue weighted by atomic mass is 32.1. The average molecular weight is 356 g/mol. The molecule has 2 aromatic rings. The van der Waals surface area contributed by atoms with Gasteiger partial charge in [0.05, 0.1) is 11.9 Å². The number of benzene rings is 2. The van der Waals surface area contributed by atoms with Crippen molar-refractivity contribution in [3.05, 3.63) is 65.5 Å². The number of hydrogen-bond acceptors (Lipinski definition) is 3. The van der Waals surface area contributed by atoms with Gasteiger partial charge in [0, 0.05) is 13.1 Å². The van der Waals surface area contributed by atoms with Gasteiger partial charge in [0.2, 0.25) is 0 Å². The van der Waals surface area contributed by atoms with Crippen molar-refractivity contribution >= 4 is 29.2 Å². The minimum Gasteiger partial charge on any atom is -0.375 e. The molecule has 1 saturated heterocycles. The summed E-state index contributed by atoms with van der Waals surface area (Å²) in [7, 11) is 0. The molecule has 0 radical (unpaired) electrons. The van der Waals surface area contributed by atoms with Crippen LogP contribution in [0.15, 0.2) is 53.6 Å². The maximum atomic E-state index is 14.5. The number of thiocarbonyl (C=S) groups is 1. The largest absolute Gasteiger partial charge is 0.375 e. The van der Waals surface area contributed by atoms with E-state index in [1.165, 1.54) is 17.8 Å². The average Bonchev–Trinajstić information content (AvgIpc) is 2.63. The van der Waals surface area contributed by atoms with Gasteiger partial charge in [-0.2, -0.15) is 5.10 Å². The first-order valence-electron chi connectivity index (χ1n) is 8.31. The molecule has 0 amide bonds. The van der Waals surface area contributed by atoms with Crippen LogP contribution in [0, 0.1) is 5.82 Å². The van der Waals surface area contributed by atoms with Gasteiger partial charge in [0.15, 0.2) is 5.11 Å². The lowest BCUT2D eigenvalue weighted by Crippen LogP contribution is -2.33. The summed E-state index contributed by atoms with van der Waals surface area (Å²) >= 11 is 4.66. The van der Waals surface area contributed by atoms with Crippen LogP contribution in [0.5, 0.6) is 0 Å². The van der Waals surface area contributed by atoms with Crippen LogP contribution < -0.4 is 16.1 Å². The fraction of sp³-hybridized carbons (Fsp3) is 0.263. The van der Waals surface area contributed by atoms with E-state index < -0.39 is 0 Å². The Morgan fingerprint density at radius 3 is 2.56 bits per heavy atom. The first-order chi connectivity index (χ1) is 12.1. The fourth-order valence-electron chi connectivity index (χ4n) is 3.21. The Labute approximate surface area is 152 Å². The van der Waals surface area contributed by atoms with Crippen LogP contribution in [0.25, 0.3) is 0 Å². The van der Waals surface area contributed by atoms with Crippen LogP contribution in [0.4, 0.5) is 10.1 Å². The molecule has 6 heteroatoms. The van der Waals surface area contributed by atoms with E-state index in [4.69, 9.17) is 5.73 Å². The summed E-state index contributed by atoms with van der Waals surface area (Å²) in [5.74, 6) is 0.315. The van der Waals surface area contributed by atoms with Gasteiger partial charge in [-0.1, -0.05) is 36.4 Å². The molecule has 1 heterocycles. The lowest BCUT2D eigenvalue weighted by Gasteiger charge is -2.34. The summed E-state index contributed by atoms with van der Waals surface area (Å²) in [6, 6.07) is 15.7. The molecule has 0 unspecified atom stereocenters. The third kappa shape index (κ3) is 4.54. The molecule has 2 aromatic carbocycles. The van der Waals surface area contributed by atoms with Gasteiger partial charge in [0.25, 0.3) is 0 Å². The highest BCUT2D eigenvalue weighted by Crippen LogP contribution is 2.31. The van der Waals surface area contributed by atoms with Gasteiger partial charge in [-0.3, -0.25) is 5.43 Å². The molecule has 0 aromatic heterocycles. The predicted octanol–water partition coefficient (Wildman–Crippen LogP) is 3.38. The summed E-state index contributed by atoms with van der Waals surface area (Å²) in [5.41, 5.74) is 10.4. The van der Waals surface area contributed by atoms with Crippen molar-refractivity contribution in [3.8, 4) is 0 Å². The van der Waals surface area contributed by atoms with E-state index in [2.05, 4.69) is 51.9 Å². The van der Waals surface area contributed by atoms with Crippen molar-refractivity contribution in [1.82, 2.24) is 5.43 Å². The van der Waals surface area contributed by atoms with Gasteiger partial charge in [-0.25, -0.2) is 4.39 Å². The Morgan fingerprint density at radius 1 is 1.20 bits per heavy atom. The zero-order chi connectivity index (χ0) is 17.6. The summed E-state index contributed by atoms with van der Waals surface area (Å²) in [4.78, 5) is 2.11. The molecule has 0 spiro atoms. The van der Waals surface area contributed by atoms with Crippen molar-refractivity contribution in [2.24, 2.45) is 10.8 Å². The molecule has 1 aliphatic heterocycles. The maximum absolute atomic E-state index is 14.5. The van der Waals surface area contributed by atoms with Gasteiger partial charge in [0.1, 0.15) is 5.82 Å². The number of hydrogen-bond donors (Lipinski definition) is 2. The second kappa shape index (κ2) is 8.07. The fourth-order valence-corrected chi connectivity index (χ4v) is 3.26. The number of nitrogens with zero attached hydrogens (tertiary/aromatic N) is 2. The first-order valence-corrected chi connectivity index (χ1v) is 8.72. The predicted molar refractivity (Wildman–Crippen MR) is 105 cm³/mol. The number of halogens is 1. The zero-order valence-corrected chi connectivity index (χ0v) is 14.7. The van der Waals surface area contributed by atoms with E-state index in [0.29, 0.717) is 17.2 Å². The van der Waals surface area contributed by atoms with Gasteiger partial charge >= 0.3 is 0 Å². The van der Waals surface area contributed by atoms with Gasteiger partial charge in [-0.05, 0) is 54.2 Å². The van der Waals surface area contributed by atoms with Crippen molar-refractivity contribution < 1.29 is 4.39 Å². The van der Waals surface area contributed by atoms with Crippen molar-refractivity contribution in [2.75, 3.05) is 18.0 Å². The molecule has 0 aliphatic carbocycles. The van der Waals surface area contributed by atoms with Crippen LogP contribution in [-0.4, -0.2) is 24.4 Å². The van der Waals surface area contributed by atoms with E-state index in [0.717, 1.165) is 25.9 Å². The number of nitrogens with one attached hydrogen (secondary N) is 1. The molecule has 130 valence electrons. The monoisotopic (exact) mass is 356 g/mol. The van der Waals surface area contributed by atoms with Crippen LogP contribution in [0.1, 0.15) is 29.9 Å². The van der Waals surface area contributed by atoms with Gasteiger partial charge in [-0.15, -0.1) is 0 Å². The third-order valence-corrected chi connectivity index (χ3v) is 4.56. The molecular weight excluding hydrogens is 335 g/mol. The van der Waals surface area contributed by atoms with E-state index in [1.54, 1.807) is 6.07 Å². The molecule has 1 aliphatic rings. The first kappa shape index (κ1) is 17.4. The summed E-state index contributed by atoms with van der Waals surface area (Å²) < 4.78 is 14.5. The molecule has 0 saturated carbocycles.